The number of sulfonamides is 1. The van der Waals surface area contributed by atoms with E-state index in [4.69, 9.17) is 0 Å². The van der Waals surface area contributed by atoms with Crippen LogP contribution >= 0.6 is 0 Å². The van der Waals surface area contributed by atoms with Crippen LogP contribution in [0.4, 0.5) is 0 Å². The highest BCUT2D eigenvalue weighted by Gasteiger charge is 2.14. The van der Waals surface area contributed by atoms with Crippen LogP contribution in [0.15, 0.2) is 23.1 Å². The van der Waals surface area contributed by atoms with Crippen LogP contribution in [0, 0.1) is 6.92 Å². The van der Waals surface area contributed by atoms with E-state index in [-0.39, 0.29) is 23.9 Å². The first-order chi connectivity index (χ1) is 9.38. The SMILES string of the molecule is CC(=O)NCCNS(=O)(=O)c1ccc2nc(C)[nH]c2c1. The molecule has 0 radical (unpaired) electrons. The summed E-state index contributed by atoms with van der Waals surface area (Å²) in [5.41, 5.74) is 1.40. The summed E-state index contributed by atoms with van der Waals surface area (Å²) < 4.78 is 26.6. The van der Waals surface area contributed by atoms with Gasteiger partial charge < -0.3 is 10.3 Å². The summed E-state index contributed by atoms with van der Waals surface area (Å²) in [7, 11) is -3.59. The van der Waals surface area contributed by atoms with Crippen LogP contribution in [0.5, 0.6) is 0 Å². The van der Waals surface area contributed by atoms with Crippen molar-refractivity contribution in [3.8, 4) is 0 Å². The van der Waals surface area contributed by atoms with Gasteiger partial charge in [0, 0.05) is 20.0 Å². The normalized spacial score (nSPS) is 11.7. The molecule has 0 atom stereocenters. The molecule has 2 rings (SSSR count). The van der Waals surface area contributed by atoms with Gasteiger partial charge in [0.05, 0.1) is 15.9 Å². The summed E-state index contributed by atoms with van der Waals surface area (Å²) in [6.07, 6.45) is 0. The van der Waals surface area contributed by atoms with Crippen LogP contribution in [0.2, 0.25) is 0 Å². The molecule has 108 valence electrons. The Labute approximate surface area is 116 Å². The lowest BCUT2D eigenvalue weighted by atomic mass is 10.3. The maximum Gasteiger partial charge on any atom is 0.240 e. The number of aromatic nitrogens is 2. The second kappa shape index (κ2) is 5.59. The fourth-order valence-corrected chi connectivity index (χ4v) is 2.85. The molecule has 2 aromatic rings. The number of imidazole rings is 1. The third-order valence-corrected chi connectivity index (χ3v) is 4.13. The number of aromatic amines is 1. The van der Waals surface area contributed by atoms with E-state index in [1.165, 1.54) is 19.1 Å². The highest BCUT2D eigenvalue weighted by molar-refractivity contribution is 7.89. The number of nitrogens with zero attached hydrogens (tertiary/aromatic N) is 1. The third kappa shape index (κ3) is 3.34. The van der Waals surface area contributed by atoms with Gasteiger partial charge in [-0.2, -0.15) is 0 Å². The van der Waals surface area contributed by atoms with Gasteiger partial charge in [-0.3, -0.25) is 4.79 Å². The van der Waals surface area contributed by atoms with Crippen molar-refractivity contribution in [3.63, 3.8) is 0 Å². The molecule has 1 amide bonds. The number of hydrogen-bond acceptors (Lipinski definition) is 4. The fraction of sp³-hybridized carbons (Fsp3) is 0.333. The minimum absolute atomic E-state index is 0.141. The first-order valence-corrected chi connectivity index (χ1v) is 7.57. The van der Waals surface area contributed by atoms with Gasteiger partial charge in [-0.15, -0.1) is 0 Å². The summed E-state index contributed by atoms with van der Waals surface area (Å²) in [6, 6.07) is 4.70. The zero-order chi connectivity index (χ0) is 14.8. The molecule has 1 heterocycles. The average Bonchev–Trinajstić information content (AvgIpc) is 2.73. The van der Waals surface area contributed by atoms with E-state index in [1.54, 1.807) is 13.0 Å². The monoisotopic (exact) mass is 296 g/mol. The highest BCUT2D eigenvalue weighted by atomic mass is 32.2. The molecular weight excluding hydrogens is 280 g/mol. The van der Waals surface area contributed by atoms with E-state index >= 15 is 0 Å². The number of benzene rings is 1. The molecule has 0 saturated carbocycles. The smallest absolute Gasteiger partial charge is 0.240 e. The number of carbonyl (C=O) groups is 1. The summed E-state index contributed by atoms with van der Waals surface area (Å²) in [4.78, 5) is 18.1. The number of fused-ring (bicyclic) bond motifs is 1. The Bertz CT molecular complexity index is 736. The van der Waals surface area contributed by atoms with Gasteiger partial charge in [-0.25, -0.2) is 18.1 Å². The standard InChI is InChI=1S/C12H16N4O3S/c1-8-15-11-4-3-10(7-12(11)16-8)20(18,19)14-6-5-13-9(2)17/h3-4,7,14H,5-6H2,1-2H3,(H,13,17)(H,15,16). The van der Waals surface area contributed by atoms with Crippen molar-refractivity contribution in [2.24, 2.45) is 0 Å². The quantitative estimate of drug-likeness (QED) is 0.690. The van der Waals surface area contributed by atoms with Gasteiger partial charge in [-0.1, -0.05) is 0 Å². The lowest BCUT2D eigenvalue weighted by Gasteiger charge is -2.07. The molecule has 1 aromatic carbocycles. The van der Waals surface area contributed by atoms with Crippen LogP contribution in [0.3, 0.4) is 0 Å². The summed E-state index contributed by atoms with van der Waals surface area (Å²) in [5.74, 6) is 0.534. The molecule has 0 aliphatic heterocycles. The molecule has 0 aliphatic rings. The van der Waals surface area contributed by atoms with Gasteiger partial charge in [0.15, 0.2) is 0 Å². The Kier molecular flexibility index (Phi) is 4.05. The molecular formula is C12H16N4O3S. The molecule has 7 nitrogen and oxygen atoms in total. The van der Waals surface area contributed by atoms with Crippen molar-refractivity contribution in [3.05, 3.63) is 24.0 Å². The molecule has 0 fully saturated rings. The van der Waals surface area contributed by atoms with E-state index in [9.17, 15) is 13.2 Å². The van der Waals surface area contributed by atoms with Crippen molar-refractivity contribution >= 4 is 27.0 Å². The van der Waals surface area contributed by atoms with Gasteiger partial charge in [0.25, 0.3) is 0 Å². The molecule has 0 aliphatic carbocycles. The molecule has 0 saturated heterocycles. The molecule has 0 unspecified atom stereocenters. The maximum atomic E-state index is 12.1. The van der Waals surface area contributed by atoms with Gasteiger partial charge in [0.2, 0.25) is 15.9 Å². The lowest BCUT2D eigenvalue weighted by Crippen LogP contribution is -2.33. The van der Waals surface area contributed by atoms with E-state index in [0.29, 0.717) is 5.52 Å². The molecule has 8 heteroatoms. The number of carbonyl (C=O) groups excluding carboxylic acids is 1. The number of H-pyrrole nitrogens is 1. The molecule has 1 aromatic heterocycles. The zero-order valence-corrected chi connectivity index (χ0v) is 12.0. The van der Waals surface area contributed by atoms with Crippen molar-refractivity contribution in [2.45, 2.75) is 18.7 Å². The average molecular weight is 296 g/mol. The number of aryl methyl sites for hydroxylation is 1. The van der Waals surface area contributed by atoms with Gasteiger partial charge in [-0.05, 0) is 25.1 Å². The predicted octanol–water partition coefficient (Wildman–Crippen LogP) is 0.286. The summed E-state index contributed by atoms with van der Waals surface area (Å²) in [6.45, 7) is 3.57. The van der Waals surface area contributed by atoms with Crippen LogP contribution < -0.4 is 10.0 Å². The Balaban J connectivity index is 2.12. The van der Waals surface area contributed by atoms with Crippen molar-refractivity contribution in [2.75, 3.05) is 13.1 Å². The predicted molar refractivity (Wildman–Crippen MR) is 74.7 cm³/mol. The number of rotatable bonds is 5. The van der Waals surface area contributed by atoms with Crippen LogP contribution in [-0.4, -0.2) is 37.4 Å². The number of nitrogens with one attached hydrogen (secondary N) is 3. The molecule has 3 N–H and O–H groups in total. The fourth-order valence-electron chi connectivity index (χ4n) is 1.79. The van der Waals surface area contributed by atoms with Crippen molar-refractivity contribution in [1.82, 2.24) is 20.0 Å². The van der Waals surface area contributed by atoms with Crippen molar-refractivity contribution < 1.29 is 13.2 Å². The van der Waals surface area contributed by atoms with Crippen LogP contribution in [0.1, 0.15) is 12.7 Å². The summed E-state index contributed by atoms with van der Waals surface area (Å²) >= 11 is 0. The topological polar surface area (TPSA) is 104 Å². The molecule has 0 bridgehead atoms. The first kappa shape index (κ1) is 14.5. The molecule has 20 heavy (non-hydrogen) atoms. The largest absolute Gasteiger partial charge is 0.355 e. The van der Waals surface area contributed by atoms with E-state index in [2.05, 4.69) is 20.0 Å². The van der Waals surface area contributed by atoms with Crippen LogP contribution in [-0.2, 0) is 14.8 Å². The Morgan fingerprint density at radius 1 is 1.35 bits per heavy atom. The Hall–Kier alpha value is -1.93. The number of hydrogen-bond donors (Lipinski definition) is 3. The number of amides is 1. The van der Waals surface area contributed by atoms with E-state index < -0.39 is 10.0 Å². The second-order valence-electron chi connectivity index (χ2n) is 4.38. The minimum atomic E-state index is -3.59. The van der Waals surface area contributed by atoms with Crippen molar-refractivity contribution in [1.29, 1.82) is 0 Å². The van der Waals surface area contributed by atoms with E-state index in [1.807, 2.05) is 0 Å². The molecule has 0 spiro atoms. The lowest BCUT2D eigenvalue weighted by molar-refractivity contribution is -0.118. The highest BCUT2D eigenvalue weighted by Crippen LogP contribution is 2.16. The minimum Gasteiger partial charge on any atom is -0.355 e. The summed E-state index contributed by atoms with van der Waals surface area (Å²) in [5, 5.41) is 2.52. The second-order valence-corrected chi connectivity index (χ2v) is 6.15. The van der Waals surface area contributed by atoms with Crippen LogP contribution in [0.25, 0.3) is 11.0 Å². The van der Waals surface area contributed by atoms with E-state index in [0.717, 1.165) is 11.3 Å². The van der Waals surface area contributed by atoms with Gasteiger partial charge in [0.1, 0.15) is 5.82 Å². The van der Waals surface area contributed by atoms with Gasteiger partial charge >= 0.3 is 0 Å². The third-order valence-electron chi connectivity index (χ3n) is 2.67. The Morgan fingerprint density at radius 2 is 2.10 bits per heavy atom. The Morgan fingerprint density at radius 3 is 2.80 bits per heavy atom. The zero-order valence-electron chi connectivity index (χ0n) is 11.2. The maximum absolute atomic E-state index is 12.1. The first-order valence-electron chi connectivity index (χ1n) is 6.09.